The normalized spacial score (nSPS) is 12.0. The van der Waals surface area contributed by atoms with Crippen LogP contribution in [0.3, 0.4) is 0 Å². The monoisotopic (exact) mass is 931 g/mol. The van der Waals surface area contributed by atoms with Crippen molar-refractivity contribution in [2.45, 2.75) is 341 Å². The number of hydrogen-bond acceptors (Lipinski definition) is 6. The molecule has 0 fully saturated rings. The van der Waals surface area contributed by atoms with E-state index in [0.717, 1.165) is 57.8 Å². The topological polar surface area (TPSA) is 78.9 Å². The quantitative estimate of drug-likeness (QED) is 0.0262. The molecule has 0 unspecified atom stereocenters. The first-order valence-electron chi connectivity index (χ1n) is 29.7. The molecule has 0 bridgehead atoms. The molecule has 0 aliphatic rings. The summed E-state index contributed by atoms with van der Waals surface area (Å²) in [6.45, 7) is 6.70. The number of carbonyl (C=O) groups is 3. The highest BCUT2D eigenvalue weighted by atomic mass is 16.6. The molecule has 6 nitrogen and oxygen atoms in total. The van der Waals surface area contributed by atoms with E-state index in [2.05, 4.69) is 32.9 Å². The molecule has 0 aromatic heterocycles. The lowest BCUT2D eigenvalue weighted by Crippen LogP contribution is -2.30. The Morgan fingerprint density at radius 3 is 0.758 bits per heavy atom. The van der Waals surface area contributed by atoms with E-state index in [1.807, 2.05) is 0 Å². The first-order chi connectivity index (χ1) is 32.5. The fourth-order valence-electron chi connectivity index (χ4n) is 9.03. The SMILES string of the molecule is CCCCCCCC/C=C/CCCCCCCCCC(=O)OC[C@@H](COC(=O)CCCCCCCCCCCCCCCCC)OC(=O)CCCCCCCCCCCCCCCCCC. The zero-order chi connectivity index (χ0) is 47.9. The van der Waals surface area contributed by atoms with Gasteiger partial charge in [-0.3, -0.25) is 14.4 Å². The summed E-state index contributed by atoms with van der Waals surface area (Å²) in [5.74, 6) is -0.843. The summed E-state index contributed by atoms with van der Waals surface area (Å²) in [5.41, 5.74) is 0. The van der Waals surface area contributed by atoms with Crippen molar-refractivity contribution in [2.75, 3.05) is 13.2 Å². The molecule has 0 N–H and O–H groups in total. The first kappa shape index (κ1) is 64.2. The predicted octanol–water partition coefficient (Wildman–Crippen LogP) is 19.7. The van der Waals surface area contributed by atoms with Crippen LogP contribution in [0.2, 0.25) is 0 Å². The van der Waals surface area contributed by atoms with Crippen LogP contribution in [0.1, 0.15) is 335 Å². The Kier molecular flexibility index (Phi) is 54.2. The smallest absolute Gasteiger partial charge is 0.306 e. The van der Waals surface area contributed by atoms with E-state index in [9.17, 15) is 14.4 Å². The molecule has 0 rings (SSSR count). The number of carbonyl (C=O) groups excluding carboxylic acids is 3. The molecule has 0 aromatic carbocycles. The average molecular weight is 932 g/mol. The van der Waals surface area contributed by atoms with Crippen molar-refractivity contribution in [3.8, 4) is 0 Å². The van der Waals surface area contributed by atoms with Crippen LogP contribution in [0.25, 0.3) is 0 Å². The van der Waals surface area contributed by atoms with Crippen LogP contribution < -0.4 is 0 Å². The number of unbranched alkanes of at least 4 members (excludes halogenated alkanes) is 42. The van der Waals surface area contributed by atoms with Crippen molar-refractivity contribution in [1.29, 1.82) is 0 Å². The Bertz CT molecular complexity index is 1020. The maximum absolute atomic E-state index is 12.9. The van der Waals surface area contributed by atoms with Gasteiger partial charge in [-0.15, -0.1) is 0 Å². The molecule has 6 heteroatoms. The van der Waals surface area contributed by atoms with Gasteiger partial charge in [-0.25, -0.2) is 0 Å². The molecule has 0 aliphatic carbocycles. The van der Waals surface area contributed by atoms with Gasteiger partial charge in [0.1, 0.15) is 13.2 Å². The van der Waals surface area contributed by atoms with E-state index in [1.165, 1.54) is 238 Å². The van der Waals surface area contributed by atoms with E-state index in [4.69, 9.17) is 14.2 Å². The fourth-order valence-corrected chi connectivity index (χ4v) is 9.03. The molecule has 390 valence electrons. The molecule has 0 spiro atoms. The maximum atomic E-state index is 12.9. The first-order valence-corrected chi connectivity index (χ1v) is 29.7. The molecule has 66 heavy (non-hydrogen) atoms. The van der Waals surface area contributed by atoms with Gasteiger partial charge in [-0.05, 0) is 44.9 Å². The van der Waals surface area contributed by atoms with Gasteiger partial charge < -0.3 is 14.2 Å². The third kappa shape index (κ3) is 53.1. The molecular weight excluding hydrogens is 817 g/mol. The van der Waals surface area contributed by atoms with E-state index in [0.29, 0.717) is 19.3 Å². The Morgan fingerprint density at radius 2 is 0.500 bits per heavy atom. The second kappa shape index (κ2) is 55.7. The predicted molar refractivity (Wildman–Crippen MR) is 284 cm³/mol. The summed E-state index contributed by atoms with van der Waals surface area (Å²) in [4.78, 5) is 38.2. The second-order valence-electron chi connectivity index (χ2n) is 20.3. The summed E-state index contributed by atoms with van der Waals surface area (Å²) < 4.78 is 16.9. The third-order valence-electron chi connectivity index (χ3n) is 13.5. The van der Waals surface area contributed by atoms with E-state index in [1.54, 1.807) is 0 Å². The Hall–Kier alpha value is -1.85. The van der Waals surface area contributed by atoms with Gasteiger partial charge in [0.25, 0.3) is 0 Å². The van der Waals surface area contributed by atoms with E-state index < -0.39 is 6.10 Å². The second-order valence-corrected chi connectivity index (χ2v) is 20.3. The molecule has 0 aromatic rings. The maximum Gasteiger partial charge on any atom is 0.306 e. The minimum atomic E-state index is -0.766. The molecule has 0 saturated heterocycles. The van der Waals surface area contributed by atoms with Crippen molar-refractivity contribution < 1.29 is 28.6 Å². The zero-order valence-corrected chi connectivity index (χ0v) is 44.7. The summed E-state index contributed by atoms with van der Waals surface area (Å²) in [6.07, 6.45) is 63.4. The summed E-state index contributed by atoms with van der Waals surface area (Å²) in [6, 6.07) is 0. The molecule has 0 saturated carbocycles. The molecule has 0 aliphatic heterocycles. The van der Waals surface area contributed by atoms with Gasteiger partial charge >= 0.3 is 17.9 Å². The number of allylic oxidation sites excluding steroid dienone is 2. The van der Waals surface area contributed by atoms with Crippen LogP contribution >= 0.6 is 0 Å². The van der Waals surface area contributed by atoms with Crippen LogP contribution in [-0.2, 0) is 28.6 Å². The van der Waals surface area contributed by atoms with Crippen LogP contribution in [0.4, 0.5) is 0 Å². The fraction of sp³-hybridized carbons (Fsp3) is 0.917. The van der Waals surface area contributed by atoms with Crippen LogP contribution in [0.5, 0.6) is 0 Å². The highest BCUT2D eigenvalue weighted by molar-refractivity contribution is 5.71. The van der Waals surface area contributed by atoms with Gasteiger partial charge in [-0.2, -0.15) is 0 Å². The van der Waals surface area contributed by atoms with Crippen LogP contribution in [-0.4, -0.2) is 37.2 Å². The van der Waals surface area contributed by atoms with Crippen molar-refractivity contribution >= 4 is 17.9 Å². The largest absolute Gasteiger partial charge is 0.462 e. The van der Waals surface area contributed by atoms with Crippen molar-refractivity contribution in [1.82, 2.24) is 0 Å². The van der Waals surface area contributed by atoms with Gasteiger partial charge in [0, 0.05) is 19.3 Å². The number of rotatable bonds is 55. The van der Waals surface area contributed by atoms with Gasteiger partial charge in [0.2, 0.25) is 0 Å². The lowest BCUT2D eigenvalue weighted by atomic mass is 10.0. The van der Waals surface area contributed by atoms with Crippen LogP contribution in [0, 0.1) is 0 Å². The van der Waals surface area contributed by atoms with Gasteiger partial charge in [0.05, 0.1) is 0 Å². The van der Waals surface area contributed by atoms with E-state index in [-0.39, 0.29) is 31.1 Å². The highest BCUT2D eigenvalue weighted by Gasteiger charge is 2.19. The summed E-state index contributed by atoms with van der Waals surface area (Å²) in [7, 11) is 0. The summed E-state index contributed by atoms with van der Waals surface area (Å²) >= 11 is 0. The Balaban J connectivity index is 4.31. The standard InChI is InChI=1S/C60H114O6/c1-4-7-10-13-16-19-22-25-28-30-33-35-38-41-44-47-50-53-59(62)65-56-57(55-64-58(61)52-49-46-43-40-37-34-31-27-24-21-18-15-12-9-6-3)66-60(63)54-51-48-45-42-39-36-32-29-26-23-20-17-14-11-8-5-2/h25,28,57H,4-24,26-27,29-56H2,1-3H3/b28-25+/t57-/m1/s1. The molecule has 0 radical (unpaired) electrons. The minimum Gasteiger partial charge on any atom is -0.462 e. The molecule has 0 heterocycles. The molecule has 0 amide bonds. The van der Waals surface area contributed by atoms with Crippen molar-refractivity contribution in [3.05, 3.63) is 12.2 Å². The van der Waals surface area contributed by atoms with Crippen molar-refractivity contribution in [3.63, 3.8) is 0 Å². The Morgan fingerprint density at radius 1 is 0.288 bits per heavy atom. The average Bonchev–Trinajstić information content (AvgIpc) is 3.31. The van der Waals surface area contributed by atoms with Crippen LogP contribution in [0.15, 0.2) is 12.2 Å². The lowest BCUT2D eigenvalue weighted by molar-refractivity contribution is -0.167. The van der Waals surface area contributed by atoms with E-state index >= 15 is 0 Å². The summed E-state index contributed by atoms with van der Waals surface area (Å²) in [5, 5.41) is 0. The van der Waals surface area contributed by atoms with Gasteiger partial charge in [0.15, 0.2) is 6.10 Å². The zero-order valence-electron chi connectivity index (χ0n) is 44.7. The molecular formula is C60H114O6. The lowest BCUT2D eigenvalue weighted by Gasteiger charge is -2.18. The third-order valence-corrected chi connectivity index (χ3v) is 13.5. The Labute approximate surface area is 411 Å². The minimum absolute atomic E-state index is 0.0650. The number of ether oxygens (including phenoxy) is 3. The van der Waals surface area contributed by atoms with Gasteiger partial charge in [-0.1, -0.05) is 283 Å². The van der Waals surface area contributed by atoms with Crippen molar-refractivity contribution in [2.24, 2.45) is 0 Å². The highest BCUT2D eigenvalue weighted by Crippen LogP contribution is 2.17. The molecule has 1 atom stereocenters. The number of esters is 3. The number of hydrogen-bond donors (Lipinski definition) is 0.